The zero-order valence-corrected chi connectivity index (χ0v) is 9.77. The van der Waals surface area contributed by atoms with Crippen LogP contribution in [0.5, 0.6) is 0 Å². The lowest BCUT2D eigenvalue weighted by Gasteiger charge is -2.10. The summed E-state index contributed by atoms with van der Waals surface area (Å²) in [7, 11) is 0. The molecular formula is C13H14N2O3. The highest BCUT2D eigenvalue weighted by Crippen LogP contribution is 2.15. The molecule has 0 aromatic heterocycles. The summed E-state index contributed by atoms with van der Waals surface area (Å²) in [6, 6.07) is 6.36. The van der Waals surface area contributed by atoms with Gasteiger partial charge in [-0.05, 0) is 11.6 Å². The Morgan fingerprint density at radius 1 is 1.33 bits per heavy atom. The van der Waals surface area contributed by atoms with E-state index < -0.39 is 12.0 Å². The number of hydrogen-bond donors (Lipinski definition) is 3. The quantitative estimate of drug-likeness (QED) is 0.543. The summed E-state index contributed by atoms with van der Waals surface area (Å²) < 4.78 is 0. The SMILES string of the molecule is C#CCCNC(=O)Nc1ccccc1CC(=O)O. The van der Waals surface area contributed by atoms with Crippen molar-refractivity contribution in [2.45, 2.75) is 12.8 Å². The molecule has 0 saturated carbocycles. The van der Waals surface area contributed by atoms with Crippen molar-refractivity contribution < 1.29 is 14.7 Å². The summed E-state index contributed by atoms with van der Waals surface area (Å²) in [6.07, 6.45) is 5.37. The van der Waals surface area contributed by atoms with Crippen LogP contribution < -0.4 is 10.6 Å². The number of urea groups is 1. The number of rotatable bonds is 5. The highest BCUT2D eigenvalue weighted by molar-refractivity contribution is 5.90. The molecule has 0 radical (unpaired) electrons. The van der Waals surface area contributed by atoms with Crippen LogP contribution in [0, 0.1) is 12.3 Å². The Morgan fingerprint density at radius 3 is 2.72 bits per heavy atom. The van der Waals surface area contributed by atoms with Crippen LogP contribution in [0.2, 0.25) is 0 Å². The number of benzene rings is 1. The molecule has 0 saturated heterocycles. The predicted octanol–water partition coefficient (Wildman–Crippen LogP) is 1.46. The Labute approximate surface area is 105 Å². The maximum atomic E-state index is 11.5. The largest absolute Gasteiger partial charge is 0.481 e. The number of carboxylic acids is 1. The molecule has 1 rings (SSSR count). The number of aliphatic carboxylic acids is 1. The summed E-state index contributed by atoms with van der Waals surface area (Å²) in [5.41, 5.74) is 1.04. The van der Waals surface area contributed by atoms with Gasteiger partial charge < -0.3 is 15.7 Å². The fraction of sp³-hybridized carbons (Fsp3) is 0.231. The van der Waals surface area contributed by atoms with E-state index in [4.69, 9.17) is 11.5 Å². The third-order valence-corrected chi connectivity index (χ3v) is 2.16. The number of terminal acetylenes is 1. The molecule has 2 amide bonds. The maximum absolute atomic E-state index is 11.5. The predicted molar refractivity (Wildman–Crippen MR) is 68.3 cm³/mol. The van der Waals surface area contributed by atoms with Gasteiger partial charge in [0.15, 0.2) is 0 Å². The van der Waals surface area contributed by atoms with Crippen LogP contribution in [0.3, 0.4) is 0 Å². The first-order valence-electron chi connectivity index (χ1n) is 5.41. The second-order valence-corrected chi connectivity index (χ2v) is 3.56. The fourth-order valence-corrected chi connectivity index (χ4v) is 1.37. The number of carbonyl (C=O) groups is 2. The van der Waals surface area contributed by atoms with Crippen molar-refractivity contribution in [3.8, 4) is 12.3 Å². The fourth-order valence-electron chi connectivity index (χ4n) is 1.37. The van der Waals surface area contributed by atoms with Gasteiger partial charge in [0.1, 0.15) is 0 Å². The number of carboxylic acid groups (broad SMARTS) is 1. The Morgan fingerprint density at radius 2 is 2.06 bits per heavy atom. The summed E-state index contributed by atoms with van der Waals surface area (Å²) in [5.74, 6) is 1.46. The van der Waals surface area contributed by atoms with Crippen molar-refractivity contribution in [3.63, 3.8) is 0 Å². The Hall–Kier alpha value is -2.48. The first kappa shape index (κ1) is 13.6. The molecule has 3 N–H and O–H groups in total. The van der Waals surface area contributed by atoms with Crippen molar-refractivity contribution >= 4 is 17.7 Å². The zero-order chi connectivity index (χ0) is 13.4. The van der Waals surface area contributed by atoms with E-state index in [1.807, 2.05) is 0 Å². The molecule has 0 fully saturated rings. The van der Waals surface area contributed by atoms with Gasteiger partial charge in [-0.15, -0.1) is 12.3 Å². The average molecular weight is 246 g/mol. The molecule has 18 heavy (non-hydrogen) atoms. The Kier molecular flexibility index (Phi) is 5.26. The van der Waals surface area contributed by atoms with E-state index in [1.54, 1.807) is 24.3 Å². The molecule has 0 heterocycles. The second kappa shape index (κ2) is 6.97. The number of hydrogen-bond acceptors (Lipinski definition) is 2. The lowest BCUT2D eigenvalue weighted by atomic mass is 10.1. The van der Waals surface area contributed by atoms with Gasteiger partial charge in [-0.1, -0.05) is 18.2 Å². The molecule has 5 heteroatoms. The van der Waals surface area contributed by atoms with Crippen molar-refractivity contribution in [2.24, 2.45) is 0 Å². The first-order chi connectivity index (χ1) is 8.63. The summed E-state index contributed by atoms with van der Waals surface area (Å²) in [5, 5.41) is 13.9. The number of amides is 2. The van der Waals surface area contributed by atoms with Gasteiger partial charge >= 0.3 is 12.0 Å². The zero-order valence-electron chi connectivity index (χ0n) is 9.77. The van der Waals surface area contributed by atoms with Crippen LogP contribution in [0.15, 0.2) is 24.3 Å². The standard InChI is InChI=1S/C13H14N2O3/c1-2-3-8-14-13(18)15-11-7-5-4-6-10(11)9-12(16)17/h1,4-7H,3,8-9H2,(H,16,17)(H2,14,15,18). The number of carbonyl (C=O) groups excluding carboxylic acids is 1. The average Bonchev–Trinajstić information content (AvgIpc) is 2.31. The Balaban J connectivity index is 2.63. The second-order valence-electron chi connectivity index (χ2n) is 3.56. The van der Waals surface area contributed by atoms with Crippen molar-refractivity contribution in [1.82, 2.24) is 5.32 Å². The van der Waals surface area contributed by atoms with Crippen molar-refractivity contribution in [3.05, 3.63) is 29.8 Å². The molecule has 0 bridgehead atoms. The van der Waals surface area contributed by atoms with Gasteiger partial charge in [-0.2, -0.15) is 0 Å². The van der Waals surface area contributed by atoms with Crippen LogP contribution >= 0.6 is 0 Å². The van der Waals surface area contributed by atoms with Gasteiger partial charge in [0.25, 0.3) is 0 Å². The minimum atomic E-state index is -0.947. The summed E-state index contributed by atoms with van der Waals surface area (Å²) in [6.45, 7) is 0.378. The van der Waals surface area contributed by atoms with Gasteiger partial charge in [0, 0.05) is 18.7 Å². The molecule has 1 aromatic rings. The van der Waals surface area contributed by atoms with Crippen molar-refractivity contribution in [1.29, 1.82) is 0 Å². The molecule has 0 unspecified atom stereocenters. The monoisotopic (exact) mass is 246 g/mol. The maximum Gasteiger partial charge on any atom is 0.319 e. The minimum Gasteiger partial charge on any atom is -0.481 e. The van der Waals surface area contributed by atoms with Crippen LogP contribution in [0.25, 0.3) is 0 Å². The molecule has 0 spiro atoms. The smallest absolute Gasteiger partial charge is 0.319 e. The highest BCUT2D eigenvalue weighted by atomic mass is 16.4. The van der Waals surface area contributed by atoms with Gasteiger partial charge in [-0.3, -0.25) is 4.79 Å². The van der Waals surface area contributed by atoms with Crippen molar-refractivity contribution in [2.75, 3.05) is 11.9 Å². The molecule has 0 atom stereocenters. The van der Waals surface area contributed by atoms with E-state index in [0.29, 0.717) is 24.2 Å². The van der Waals surface area contributed by atoms with E-state index in [2.05, 4.69) is 16.6 Å². The van der Waals surface area contributed by atoms with E-state index in [-0.39, 0.29) is 6.42 Å². The van der Waals surface area contributed by atoms with Gasteiger partial charge in [-0.25, -0.2) is 4.79 Å². The molecule has 0 aliphatic carbocycles. The molecule has 94 valence electrons. The Bertz CT molecular complexity index is 477. The van der Waals surface area contributed by atoms with E-state index in [0.717, 1.165) is 0 Å². The molecule has 1 aromatic carbocycles. The van der Waals surface area contributed by atoms with Gasteiger partial charge in [0.05, 0.1) is 6.42 Å². The van der Waals surface area contributed by atoms with Crippen LogP contribution in [0.4, 0.5) is 10.5 Å². The van der Waals surface area contributed by atoms with E-state index >= 15 is 0 Å². The highest BCUT2D eigenvalue weighted by Gasteiger charge is 2.08. The number of anilines is 1. The normalized spacial score (nSPS) is 9.28. The molecule has 0 aliphatic heterocycles. The third-order valence-electron chi connectivity index (χ3n) is 2.16. The molecular weight excluding hydrogens is 232 g/mol. The third kappa shape index (κ3) is 4.58. The van der Waals surface area contributed by atoms with Gasteiger partial charge in [0.2, 0.25) is 0 Å². The minimum absolute atomic E-state index is 0.138. The first-order valence-corrected chi connectivity index (χ1v) is 5.41. The van der Waals surface area contributed by atoms with E-state index in [9.17, 15) is 9.59 Å². The lowest BCUT2D eigenvalue weighted by molar-refractivity contribution is -0.136. The van der Waals surface area contributed by atoms with Crippen LogP contribution in [0.1, 0.15) is 12.0 Å². The van der Waals surface area contributed by atoms with Crippen LogP contribution in [-0.2, 0) is 11.2 Å². The summed E-state index contributed by atoms with van der Waals surface area (Å²) >= 11 is 0. The number of para-hydroxylation sites is 1. The molecule has 5 nitrogen and oxygen atoms in total. The summed E-state index contributed by atoms with van der Waals surface area (Å²) in [4.78, 5) is 22.2. The molecule has 0 aliphatic rings. The number of nitrogens with one attached hydrogen (secondary N) is 2. The van der Waals surface area contributed by atoms with E-state index in [1.165, 1.54) is 0 Å². The topological polar surface area (TPSA) is 78.4 Å². The lowest BCUT2D eigenvalue weighted by Crippen LogP contribution is -2.29. The van der Waals surface area contributed by atoms with Crippen LogP contribution in [-0.4, -0.2) is 23.7 Å².